The number of aliphatic hydroxyl groups is 1. The quantitative estimate of drug-likeness (QED) is 0.506. The Morgan fingerprint density at radius 2 is 1.80 bits per heavy atom. The lowest BCUT2D eigenvalue weighted by Crippen LogP contribution is -2.52. The molecule has 0 saturated carbocycles. The standard InChI is InChI=1S/C22H39N3O5/c26-16-20-19(24-22(28)17-8-14-29-15-9-17)5-4-18(30-20)6-10-23-21(27)7-13-25-11-2-1-3-12-25/h17-20,26H,1-16H2,(H,23,27)(H,24,28)/t18-,19-,20+/m0/s1. The van der Waals surface area contributed by atoms with Crippen LogP contribution in [0.25, 0.3) is 0 Å². The predicted molar refractivity (Wildman–Crippen MR) is 113 cm³/mol. The van der Waals surface area contributed by atoms with E-state index in [1.807, 2.05) is 0 Å². The molecule has 0 aromatic rings. The molecule has 0 unspecified atom stereocenters. The van der Waals surface area contributed by atoms with Gasteiger partial charge in [-0.3, -0.25) is 9.59 Å². The van der Waals surface area contributed by atoms with E-state index in [1.54, 1.807) is 0 Å². The summed E-state index contributed by atoms with van der Waals surface area (Å²) < 4.78 is 11.3. The van der Waals surface area contributed by atoms with Crippen molar-refractivity contribution in [1.82, 2.24) is 15.5 Å². The van der Waals surface area contributed by atoms with Crippen LogP contribution < -0.4 is 10.6 Å². The van der Waals surface area contributed by atoms with E-state index in [1.165, 1.54) is 19.3 Å². The number of piperidine rings is 1. The minimum Gasteiger partial charge on any atom is -0.394 e. The van der Waals surface area contributed by atoms with E-state index in [-0.39, 0.29) is 42.6 Å². The van der Waals surface area contributed by atoms with Crippen LogP contribution in [0, 0.1) is 5.92 Å². The van der Waals surface area contributed by atoms with Crippen LogP contribution in [0.1, 0.15) is 57.8 Å². The third-order valence-electron chi connectivity index (χ3n) is 6.61. The van der Waals surface area contributed by atoms with Gasteiger partial charge in [-0.05, 0) is 58.0 Å². The van der Waals surface area contributed by atoms with Crippen LogP contribution in [0.5, 0.6) is 0 Å². The second kappa shape index (κ2) is 12.6. The number of rotatable bonds is 9. The smallest absolute Gasteiger partial charge is 0.223 e. The van der Waals surface area contributed by atoms with Crippen molar-refractivity contribution >= 4 is 11.8 Å². The second-order valence-corrected chi connectivity index (χ2v) is 8.85. The van der Waals surface area contributed by atoms with Gasteiger partial charge < -0.3 is 30.1 Å². The average molecular weight is 426 g/mol. The topological polar surface area (TPSA) is 100 Å². The number of likely N-dealkylation sites (tertiary alicyclic amines) is 1. The van der Waals surface area contributed by atoms with Crippen molar-refractivity contribution in [3.63, 3.8) is 0 Å². The molecule has 3 heterocycles. The summed E-state index contributed by atoms with van der Waals surface area (Å²) in [7, 11) is 0. The van der Waals surface area contributed by atoms with E-state index < -0.39 is 0 Å². The first-order valence-electron chi connectivity index (χ1n) is 11.8. The zero-order chi connectivity index (χ0) is 21.2. The van der Waals surface area contributed by atoms with Gasteiger partial charge in [-0.15, -0.1) is 0 Å². The molecule has 172 valence electrons. The predicted octanol–water partition coefficient (Wildman–Crippen LogP) is 0.820. The van der Waals surface area contributed by atoms with Crippen molar-refractivity contribution in [1.29, 1.82) is 0 Å². The maximum Gasteiger partial charge on any atom is 0.223 e. The van der Waals surface area contributed by atoms with Crippen LogP contribution in [0.15, 0.2) is 0 Å². The van der Waals surface area contributed by atoms with Crippen molar-refractivity contribution < 1.29 is 24.2 Å². The lowest BCUT2D eigenvalue weighted by atomic mass is 9.94. The van der Waals surface area contributed by atoms with Crippen molar-refractivity contribution in [2.75, 3.05) is 46.0 Å². The number of nitrogens with zero attached hydrogens (tertiary/aromatic N) is 1. The Labute approximate surface area is 180 Å². The van der Waals surface area contributed by atoms with E-state index in [2.05, 4.69) is 15.5 Å². The Morgan fingerprint density at radius 3 is 2.53 bits per heavy atom. The van der Waals surface area contributed by atoms with Crippen molar-refractivity contribution in [3.8, 4) is 0 Å². The molecule has 3 atom stereocenters. The molecule has 0 aromatic carbocycles. The number of ether oxygens (including phenoxy) is 2. The third-order valence-corrected chi connectivity index (χ3v) is 6.61. The molecular weight excluding hydrogens is 386 g/mol. The monoisotopic (exact) mass is 425 g/mol. The molecule has 0 radical (unpaired) electrons. The zero-order valence-corrected chi connectivity index (χ0v) is 18.2. The first kappa shape index (κ1) is 23.4. The highest BCUT2D eigenvalue weighted by atomic mass is 16.5. The van der Waals surface area contributed by atoms with Gasteiger partial charge >= 0.3 is 0 Å². The van der Waals surface area contributed by atoms with Gasteiger partial charge in [0.25, 0.3) is 0 Å². The maximum atomic E-state index is 12.5. The number of carbonyl (C=O) groups is 2. The first-order valence-corrected chi connectivity index (χ1v) is 11.8. The van der Waals surface area contributed by atoms with Crippen molar-refractivity contribution in [2.45, 2.75) is 76.0 Å². The van der Waals surface area contributed by atoms with Gasteiger partial charge in [0.2, 0.25) is 11.8 Å². The fourth-order valence-electron chi connectivity index (χ4n) is 4.67. The molecule has 3 saturated heterocycles. The molecule has 0 spiro atoms. The van der Waals surface area contributed by atoms with Gasteiger partial charge in [-0.25, -0.2) is 0 Å². The van der Waals surface area contributed by atoms with Crippen LogP contribution in [0.2, 0.25) is 0 Å². The first-order chi connectivity index (χ1) is 14.7. The Kier molecular flexibility index (Phi) is 9.84. The normalized spacial score (nSPS) is 28.8. The Bertz CT molecular complexity index is 535. The van der Waals surface area contributed by atoms with Crippen LogP contribution in [0.4, 0.5) is 0 Å². The SMILES string of the molecule is O=C(CCN1CCCCC1)NCC[C@@H]1CC[C@H](NC(=O)C2CCOCC2)[C@@H](CO)O1. The lowest BCUT2D eigenvalue weighted by molar-refractivity contribution is -0.135. The maximum absolute atomic E-state index is 12.5. The molecule has 30 heavy (non-hydrogen) atoms. The second-order valence-electron chi connectivity index (χ2n) is 8.85. The van der Waals surface area contributed by atoms with E-state index in [0.29, 0.717) is 26.2 Å². The van der Waals surface area contributed by atoms with Crippen LogP contribution in [-0.4, -0.2) is 86.1 Å². The number of carbonyl (C=O) groups excluding carboxylic acids is 2. The van der Waals surface area contributed by atoms with Gasteiger partial charge in [0.05, 0.1) is 18.8 Å². The Morgan fingerprint density at radius 1 is 1.03 bits per heavy atom. The highest BCUT2D eigenvalue weighted by Crippen LogP contribution is 2.23. The summed E-state index contributed by atoms with van der Waals surface area (Å²) in [5.41, 5.74) is 0. The molecule has 8 heteroatoms. The molecule has 3 aliphatic heterocycles. The fourth-order valence-corrected chi connectivity index (χ4v) is 4.67. The summed E-state index contributed by atoms with van der Waals surface area (Å²) in [6.45, 7) is 4.80. The van der Waals surface area contributed by atoms with Gasteiger partial charge in [0.15, 0.2) is 0 Å². The number of hydrogen-bond donors (Lipinski definition) is 3. The number of nitrogens with one attached hydrogen (secondary N) is 2. The average Bonchev–Trinajstić information content (AvgIpc) is 2.79. The van der Waals surface area contributed by atoms with E-state index >= 15 is 0 Å². The molecule has 3 rings (SSSR count). The summed E-state index contributed by atoms with van der Waals surface area (Å²) in [4.78, 5) is 26.9. The van der Waals surface area contributed by atoms with Crippen LogP contribution in [-0.2, 0) is 19.1 Å². The Hall–Kier alpha value is -1.22. The minimum absolute atomic E-state index is 0.000720. The highest BCUT2D eigenvalue weighted by molar-refractivity contribution is 5.79. The summed E-state index contributed by atoms with van der Waals surface area (Å²) in [5.74, 6) is 0.137. The lowest BCUT2D eigenvalue weighted by Gasteiger charge is -2.37. The molecule has 3 N–H and O–H groups in total. The minimum atomic E-state index is -0.387. The number of hydrogen-bond acceptors (Lipinski definition) is 6. The number of amides is 2. The van der Waals surface area contributed by atoms with Gasteiger partial charge in [-0.2, -0.15) is 0 Å². The molecule has 3 aliphatic rings. The molecule has 0 aromatic heterocycles. The summed E-state index contributed by atoms with van der Waals surface area (Å²) in [5, 5.41) is 15.8. The fraction of sp³-hybridized carbons (Fsp3) is 0.909. The molecule has 3 fully saturated rings. The number of aliphatic hydroxyl groups excluding tert-OH is 1. The summed E-state index contributed by atoms with van der Waals surface area (Å²) >= 11 is 0. The third kappa shape index (κ3) is 7.48. The highest BCUT2D eigenvalue weighted by Gasteiger charge is 2.33. The van der Waals surface area contributed by atoms with E-state index in [0.717, 1.165) is 51.7 Å². The van der Waals surface area contributed by atoms with Gasteiger partial charge in [0.1, 0.15) is 6.10 Å². The molecule has 0 bridgehead atoms. The van der Waals surface area contributed by atoms with Crippen molar-refractivity contribution in [2.24, 2.45) is 5.92 Å². The van der Waals surface area contributed by atoms with Crippen LogP contribution >= 0.6 is 0 Å². The molecule has 2 amide bonds. The van der Waals surface area contributed by atoms with E-state index in [9.17, 15) is 14.7 Å². The van der Waals surface area contributed by atoms with Crippen molar-refractivity contribution in [3.05, 3.63) is 0 Å². The Balaban J connectivity index is 1.31. The molecule has 8 nitrogen and oxygen atoms in total. The van der Waals surface area contributed by atoms with Gasteiger partial charge in [0, 0.05) is 38.6 Å². The summed E-state index contributed by atoms with van der Waals surface area (Å²) in [6, 6.07) is -0.152. The largest absolute Gasteiger partial charge is 0.394 e. The zero-order valence-electron chi connectivity index (χ0n) is 18.2. The summed E-state index contributed by atoms with van der Waals surface area (Å²) in [6.07, 6.45) is 7.78. The molecule has 0 aliphatic carbocycles. The molecular formula is C22H39N3O5. The van der Waals surface area contributed by atoms with Crippen LogP contribution in [0.3, 0.4) is 0 Å². The van der Waals surface area contributed by atoms with Gasteiger partial charge in [-0.1, -0.05) is 6.42 Å². The van der Waals surface area contributed by atoms with E-state index in [4.69, 9.17) is 9.47 Å².